The number of ether oxygens (including phenoxy) is 1. The first-order valence-electron chi connectivity index (χ1n) is 6.47. The quantitative estimate of drug-likeness (QED) is 0.269. The lowest BCUT2D eigenvalue weighted by Gasteiger charge is -2.17. The predicted molar refractivity (Wildman–Crippen MR) is 76.2 cm³/mol. The van der Waals surface area contributed by atoms with Crippen molar-refractivity contribution in [3.63, 3.8) is 0 Å². The van der Waals surface area contributed by atoms with E-state index in [0.717, 1.165) is 16.8 Å². The molecule has 0 aliphatic carbocycles. The van der Waals surface area contributed by atoms with Crippen LogP contribution in [-0.4, -0.2) is 59.4 Å². The molecule has 0 radical (unpaired) electrons. The van der Waals surface area contributed by atoms with Gasteiger partial charge in [0.1, 0.15) is 18.3 Å². The number of phosphoric acid groups is 2. The summed E-state index contributed by atoms with van der Waals surface area (Å²) in [5.41, 5.74) is -1.65. The van der Waals surface area contributed by atoms with Gasteiger partial charge in [-0.3, -0.25) is 18.9 Å². The zero-order valence-electron chi connectivity index (χ0n) is 12.1. The van der Waals surface area contributed by atoms with Gasteiger partial charge in [-0.15, -0.1) is 0 Å². The van der Waals surface area contributed by atoms with E-state index in [1.165, 1.54) is 0 Å². The Balaban J connectivity index is 2.09. The number of hydrogen-bond acceptors (Lipinski definition) is 9. The van der Waals surface area contributed by atoms with Crippen LogP contribution in [0.15, 0.2) is 21.9 Å². The summed E-state index contributed by atoms with van der Waals surface area (Å²) in [7, 11) is -10.5. The Hall–Kier alpha value is -1.18. The van der Waals surface area contributed by atoms with Gasteiger partial charge in [-0.2, -0.15) is 4.31 Å². The molecule has 0 bridgehead atoms. The van der Waals surface area contributed by atoms with Gasteiger partial charge in [0.25, 0.3) is 5.56 Å². The van der Waals surface area contributed by atoms with E-state index in [2.05, 4.69) is 8.83 Å². The van der Waals surface area contributed by atoms with Crippen LogP contribution in [0.3, 0.4) is 0 Å². The zero-order valence-corrected chi connectivity index (χ0v) is 13.9. The highest BCUT2D eigenvalue weighted by atomic mass is 31.3. The van der Waals surface area contributed by atoms with Gasteiger partial charge >= 0.3 is 21.3 Å². The smallest absolute Gasteiger partial charge is 0.387 e. The largest absolute Gasteiger partial charge is 0.481 e. The highest BCUT2D eigenvalue weighted by Gasteiger charge is 2.45. The Morgan fingerprint density at radius 1 is 1.20 bits per heavy atom. The van der Waals surface area contributed by atoms with E-state index in [9.17, 15) is 28.9 Å². The fourth-order valence-corrected chi connectivity index (χ4v) is 3.65. The molecule has 0 saturated carbocycles. The molecule has 1 saturated heterocycles. The second kappa shape index (κ2) is 7.21. The molecule has 2 rings (SSSR count). The maximum Gasteiger partial charge on any atom is 0.481 e. The number of phosphoric ester groups is 1. The summed E-state index contributed by atoms with van der Waals surface area (Å²) in [5, 5.41) is 19.8. The fourth-order valence-electron chi connectivity index (χ4n) is 2.05. The van der Waals surface area contributed by atoms with Crippen molar-refractivity contribution in [2.45, 2.75) is 24.5 Å². The molecule has 6 N–H and O–H groups in total. The molecular weight excluding hydrogens is 390 g/mol. The summed E-state index contributed by atoms with van der Waals surface area (Å²) in [5.74, 6) is 0. The van der Waals surface area contributed by atoms with Crippen LogP contribution in [0.4, 0.5) is 0 Å². The molecule has 0 aromatic carbocycles. The van der Waals surface area contributed by atoms with Crippen molar-refractivity contribution in [3.8, 4) is 0 Å². The molecule has 1 aliphatic heterocycles. The Morgan fingerprint density at radius 3 is 2.40 bits per heavy atom. The molecule has 1 aliphatic rings. The van der Waals surface area contributed by atoms with E-state index >= 15 is 0 Å². The average Bonchev–Trinajstić information content (AvgIpc) is 2.71. The van der Waals surface area contributed by atoms with Crippen molar-refractivity contribution in [2.24, 2.45) is 0 Å². The number of nitrogens with zero attached hydrogens (tertiary/aromatic N) is 1. The predicted octanol–water partition coefficient (Wildman–Crippen LogP) is -2.62. The number of aromatic amines is 1. The molecule has 5 atom stereocenters. The lowest BCUT2D eigenvalue weighted by molar-refractivity contribution is -0.0542. The number of nitrogens with one attached hydrogen (secondary N) is 1. The normalized spacial score (nSPS) is 29.5. The van der Waals surface area contributed by atoms with Gasteiger partial charge in [-0.25, -0.2) is 13.9 Å². The van der Waals surface area contributed by atoms with Crippen LogP contribution >= 0.6 is 15.6 Å². The summed E-state index contributed by atoms with van der Waals surface area (Å²) in [6.45, 7) is -0.902. The summed E-state index contributed by atoms with van der Waals surface area (Å²) < 4.78 is 35.6. The summed E-state index contributed by atoms with van der Waals surface area (Å²) in [4.78, 5) is 50.7. The van der Waals surface area contributed by atoms with Crippen LogP contribution in [-0.2, 0) is 22.7 Å². The zero-order chi connectivity index (χ0) is 19.0. The van der Waals surface area contributed by atoms with Gasteiger partial charge < -0.3 is 29.6 Å². The van der Waals surface area contributed by atoms with Gasteiger partial charge in [-0.1, -0.05) is 0 Å². The number of aliphatic hydroxyl groups excluding tert-OH is 2. The minimum Gasteiger partial charge on any atom is -0.387 e. The Kier molecular flexibility index (Phi) is 5.81. The third-order valence-corrected chi connectivity index (χ3v) is 5.23. The maximum absolute atomic E-state index is 11.7. The van der Waals surface area contributed by atoms with Crippen molar-refractivity contribution in [1.82, 2.24) is 9.55 Å². The standard InChI is InChI=1S/C9H14N2O12P2/c12-5-1-2-11(9(15)10-5)8-7(14)6(13)4(22-8)3-21-25(19,20)23-24(16,17)18/h1-2,4,6-8,13-14H,3H2,(H,19,20)(H,10,12,15)(H2,16,17,18)/t4-,6?,7-,8+/m1/s1. The lowest BCUT2D eigenvalue weighted by atomic mass is 10.1. The van der Waals surface area contributed by atoms with Crippen molar-refractivity contribution in [1.29, 1.82) is 0 Å². The first-order chi connectivity index (χ1) is 11.4. The molecule has 25 heavy (non-hydrogen) atoms. The van der Waals surface area contributed by atoms with Gasteiger partial charge in [0, 0.05) is 12.3 Å². The Labute approximate surface area is 138 Å². The van der Waals surface area contributed by atoms with Gasteiger partial charge in [0.2, 0.25) is 0 Å². The van der Waals surface area contributed by atoms with Crippen molar-refractivity contribution in [2.75, 3.05) is 6.61 Å². The van der Waals surface area contributed by atoms with E-state index in [0.29, 0.717) is 0 Å². The molecule has 0 amide bonds. The van der Waals surface area contributed by atoms with E-state index < -0.39 is 58.0 Å². The first-order valence-corrected chi connectivity index (χ1v) is 9.49. The number of aliphatic hydroxyl groups is 2. The van der Waals surface area contributed by atoms with E-state index in [1.807, 2.05) is 4.98 Å². The molecule has 14 nitrogen and oxygen atoms in total. The van der Waals surface area contributed by atoms with Crippen LogP contribution in [0, 0.1) is 0 Å². The minimum atomic E-state index is -5.32. The van der Waals surface area contributed by atoms with Gasteiger partial charge in [0.15, 0.2) is 6.23 Å². The van der Waals surface area contributed by atoms with Crippen LogP contribution in [0.2, 0.25) is 0 Å². The molecule has 1 aromatic rings. The van der Waals surface area contributed by atoms with Gasteiger partial charge in [-0.05, 0) is 0 Å². The monoisotopic (exact) mass is 404 g/mol. The lowest BCUT2D eigenvalue weighted by Crippen LogP contribution is -2.37. The van der Waals surface area contributed by atoms with Crippen LogP contribution in [0.1, 0.15) is 6.23 Å². The molecular formula is C9H14N2O12P2. The Bertz CT molecular complexity index is 828. The minimum absolute atomic E-state index is 0.704. The third kappa shape index (κ3) is 5.15. The van der Waals surface area contributed by atoms with Crippen molar-refractivity contribution >= 4 is 15.6 Å². The summed E-state index contributed by atoms with van der Waals surface area (Å²) >= 11 is 0. The summed E-state index contributed by atoms with van der Waals surface area (Å²) in [6, 6.07) is 0.962. The number of rotatable bonds is 6. The topological polar surface area (TPSA) is 218 Å². The molecule has 1 fully saturated rings. The van der Waals surface area contributed by atoms with E-state index in [1.54, 1.807) is 0 Å². The maximum atomic E-state index is 11.7. The van der Waals surface area contributed by atoms with Crippen molar-refractivity contribution in [3.05, 3.63) is 33.1 Å². The number of aromatic nitrogens is 2. The summed E-state index contributed by atoms with van der Waals surface area (Å²) in [6.07, 6.45) is -5.25. The second-order valence-electron chi connectivity index (χ2n) is 4.90. The first kappa shape index (κ1) is 20.1. The highest BCUT2D eigenvalue weighted by molar-refractivity contribution is 7.60. The third-order valence-electron chi connectivity index (χ3n) is 3.07. The SMILES string of the molecule is O=c1ccn([C@H]2O[C@H](COP(=O)(O)OP(=O)(O)O)C(O)[C@H]2O)c(=O)[nH]1. The molecule has 16 heteroatoms. The number of H-pyrrole nitrogens is 1. The fraction of sp³-hybridized carbons (Fsp3) is 0.556. The molecule has 0 spiro atoms. The molecule has 142 valence electrons. The van der Waals surface area contributed by atoms with E-state index in [-0.39, 0.29) is 0 Å². The molecule has 2 unspecified atom stereocenters. The van der Waals surface area contributed by atoms with Crippen LogP contribution < -0.4 is 11.2 Å². The molecule has 1 aromatic heterocycles. The average molecular weight is 404 g/mol. The van der Waals surface area contributed by atoms with Crippen LogP contribution in [0.25, 0.3) is 0 Å². The second-order valence-corrected chi connectivity index (χ2v) is 7.73. The van der Waals surface area contributed by atoms with E-state index in [4.69, 9.17) is 19.4 Å². The molecule has 2 heterocycles. The number of hydrogen-bond donors (Lipinski definition) is 6. The van der Waals surface area contributed by atoms with Gasteiger partial charge in [0.05, 0.1) is 6.61 Å². The Morgan fingerprint density at radius 2 is 1.84 bits per heavy atom. The van der Waals surface area contributed by atoms with Crippen molar-refractivity contribution < 1.29 is 47.6 Å². The van der Waals surface area contributed by atoms with Crippen LogP contribution in [0.5, 0.6) is 0 Å². The highest BCUT2D eigenvalue weighted by Crippen LogP contribution is 2.57.